The van der Waals surface area contributed by atoms with Gasteiger partial charge in [0, 0.05) is 19.2 Å². The standard InChI is InChI=1S/C16H24N2O4/c1-20-12-4-2-5-13(10-12)21-9-3-8-18-16(19)15-7-6-14(11-17)22-15/h2,4-5,10,14-15H,3,6-9,11,17H2,1H3,(H,18,19)/t14-,15+/m1/s1. The van der Waals surface area contributed by atoms with E-state index in [2.05, 4.69) is 5.32 Å². The number of amides is 1. The number of carbonyl (C=O) groups excluding carboxylic acids is 1. The Morgan fingerprint density at radius 1 is 1.41 bits per heavy atom. The summed E-state index contributed by atoms with van der Waals surface area (Å²) in [4.78, 5) is 11.9. The van der Waals surface area contributed by atoms with Crippen molar-refractivity contribution in [2.24, 2.45) is 5.73 Å². The molecule has 1 aliphatic rings. The number of methoxy groups -OCH3 is 1. The third-order valence-electron chi connectivity index (χ3n) is 3.59. The molecule has 0 aliphatic carbocycles. The molecular formula is C16H24N2O4. The third-order valence-corrected chi connectivity index (χ3v) is 3.59. The zero-order valence-corrected chi connectivity index (χ0v) is 12.9. The van der Waals surface area contributed by atoms with Crippen molar-refractivity contribution in [3.05, 3.63) is 24.3 Å². The van der Waals surface area contributed by atoms with E-state index in [0.29, 0.717) is 19.7 Å². The molecule has 3 N–H and O–H groups in total. The van der Waals surface area contributed by atoms with Crippen molar-refractivity contribution in [1.82, 2.24) is 5.32 Å². The maximum atomic E-state index is 11.9. The number of hydrogen-bond donors (Lipinski definition) is 2. The maximum Gasteiger partial charge on any atom is 0.249 e. The SMILES string of the molecule is COc1cccc(OCCCNC(=O)[C@@H]2CC[C@H](CN)O2)c1. The van der Waals surface area contributed by atoms with Crippen LogP contribution in [0.3, 0.4) is 0 Å². The molecule has 1 fully saturated rings. The molecule has 22 heavy (non-hydrogen) atoms. The van der Waals surface area contributed by atoms with Crippen LogP contribution in [0.15, 0.2) is 24.3 Å². The topological polar surface area (TPSA) is 82.8 Å². The molecule has 6 heteroatoms. The fourth-order valence-corrected chi connectivity index (χ4v) is 2.35. The molecule has 1 amide bonds. The Hall–Kier alpha value is -1.79. The Morgan fingerprint density at radius 3 is 2.95 bits per heavy atom. The van der Waals surface area contributed by atoms with Crippen LogP contribution in [0.5, 0.6) is 11.5 Å². The van der Waals surface area contributed by atoms with Gasteiger partial charge in [-0.1, -0.05) is 6.07 Å². The smallest absolute Gasteiger partial charge is 0.249 e. The molecule has 0 saturated carbocycles. The molecule has 1 aromatic rings. The number of hydrogen-bond acceptors (Lipinski definition) is 5. The molecule has 1 aliphatic heterocycles. The van der Waals surface area contributed by atoms with Crippen molar-refractivity contribution in [3.8, 4) is 11.5 Å². The van der Waals surface area contributed by atoms with Gasteiger partial charge in [0.1, 0.15) is 17.6 Å². The predicted molar refractivity (Wildman–Crippen MR) is 83.1 cm³/mol. The van der Waals surface area contributed by atoms with Crippen molar-refractivity contribution < 1.29 is 19.0 Å². The molecule has 6 nitrogen and oxygen atoms in total. The molecule has 0 aromatic heterocycles. The Kier molecular flexibility index (Phi) is 6.48. The van der Waals surface area contributed by atoms with Gasteiger partial charge in [0.2, 0.25) is 5.91 Å². The number of nitrogens with two attached hydrogens (primary N) is 1. The lowest BCUT2D eigenvalue weighted by atomic mass is 10.2. The van der Waals surface area contributed by atoms with E-state index in [-0.39, 0.29) is 18.1 Å². The highest BCUT2D eigenvalue weighted by Crippen LogP contribution is 2.19. The minimum Gasteiger partial charge on any atom is -0.497 e. The van der Waals surface area contributed by atoms with Gasteiger partial charge in [-0.25, -0.2) is 0 Å². The van der Waals surface area contributed by atoms with Crippen LogP contribution in [0, 0.1) is 0 Å². The fraction of sp³-hybridized carbons (Fsp3) is 0.562. The molecule has 2 atom stereocenters. The van der Waals surface area contributed by atoms with Gasteiger partial charge in [-0.3, -0.25) is 4.79 Å². The first-order valence-electron chi connectivity index (χ1n) is 7.63. The van der Waals surface area contributed by atoms with Crippen molar-refractivity contribution in [3.63, 3.8) is 0 Å². The van der Waals surface area contributed by atoms with E-state index < -0.39 is 0 Å². The van der Waals surface area contributed by atoms with E-state index in [1.807, 2.05) is 24.3 Å². The fourth-order valence-electron chi connectivity index (χ4n) is 2.35. The number of carbonyl (C=O) groups is 1. The summed E-state index contributed by atoms with van der Waals surface area (Å²) in [7, 11) is 1.62. The van der Waals surface area contributed by atoms with Crippen LogP contribution in [0.2, 0.25) is 0 Å². The molecule has 0 spiro atoms. The summed E-state index contributed by atoms with van der Waals surface area (Å²) in [5.74, 6) is 1.46. The average molecular weight is 308 g/mol. The van der Waals surface area contributed by atoms with E-state index >= 15 is 0 Å². The van der Waals surface area contributed by atoms with Gasteiger partial charge < -0.3 is 25.3 Å². The lowest BCUT2D eigenvalue weighted by molar-refractivity contribution is -0.131. The highest BCUT2D eigenvalue weighted by Gasteiger charge is 2.29. The van der Waals surface area contributed by atoms with E-state index in [1.54, 1.807) is 7.11 Å². The highest BCUT2D eigenvalue weighted by molar-refractivity contribution is 5.80. The van der Waals surface area contributed by atoms with Crippen molar-refractivity contribution in [1.29, 1.82) is 0 Å². The zero-order valence-electron chi connectivity index (χ0n) is 12.9. The van der Waals surface area contributed by atoms with Gasteiger partial charge in [-0.15, -0.1) is 0 Å². The third kappa shape index (κ3) is 4.89. The molecule has 1 aromatic carbocycles. The Labute approximate surface area is 130 Å². The van der Waals surface area contributed by atoms with Crippen LogP contribution >= 0.6 is 0 Å². The van der Waals surface area contributed by atoms with Crippen LogP contribution < -0.4 is 20.5 Å². The number of ether oxygens (including phenoxy) is 3. The van der Waals surface area contributed by atoms with Crippen molar-refractivity contribution in [2.75, 3.05) is 26.8 Å². The largest absolute Gasteiger partial charge is 0.497 e. The van der Waals surface area contributed by atoms with E-state index in [0.717, 1.165) is 30.8 Å². The second-order valence-electron chi connectivity index (χ2n) is 5.23. The maximum absolute atomic E-state index is 11.9. The van der Waals surface area contributed by atoms with Gasteiger partial charge in [0.25, 0.3) is 0 Å². The quantitative estimate of drug-likeness (QED) is 0.702. The van der Waals surface area contributed by atoms with Crippen LogP contribution in [-0.2, 0) is 9.53 Å². The van der Waals surface area contributed by atoms with Gasteiger partial charge in [0.05, 0.1) is 19.8 Å². The molecule has 1 heterocycles. The number of rotatable bonds is 8. The first kappa shape index (κ1) is 16.6. The molecule has 1 saturated heterocycles. The van der Waals surface area contributed by atoms with Crippen LogP contribution in [0.25, 0.3) is 0 Å². The molecule has 0 radical (unpaired) electrons. The minimum atomic E-state index is -0.354. The second-order valence-corrected chi connectivity index (χ2v) is 5.23. The molecule has 122 valence electrons. The highest BCUT2D eigenvalue weighted by atomic mass is 16.5. The van der Waals surface area contributed by atoms with Crippen molar-refractivity contribution in [2.45, 2.75) is 31.5 Å². The Morgan fingerprint density at radius 2 is 2.23 bits per heavy atom. The predicted octanol–water partition coefficient (Wildman–Crippen LogP) is 1.09. The van der Waals surface area contributed by atoms with E-state index in [1.165, 1.54) is 0 Å². The monoisotopic (exact) mass is 308 g/mol. The van der Waals surface area contributed by atoms with Crippen LogP contribution in [0.4, 0.5) is 0 Å². The Bertz CT molecular complexity index is 481. The first-order chi connectivity index (χ1) is 10.7. The Balaban J connectivity index is 1.60. The lowest BCUT2D eigenvalue weighted by Crippen LogP contribution is -2.36. The summed E-state index contributed by atoms with van der Waals surface area (Å²) in [6.07, 6.45) is 2.00. The minimum absolute atomic E-state index is 0.0205. The van der Waals surface area contributed by atoms with Gasteiger partial charge in [-0.05, 0) is 31.4 Å². The molecular weight excluding hydrogens is 284 g/mol. The summed E-state index contributed by atoms with van der Waals surface area (Å²) < 4.78 is 16.3. The molecule has 2 rings (SSSR count). The van der Waals surface area contributed by atoms with Gasteiger partial charge >= 0.3 is 0 Å². The normalized spacial score (nSPS) is 20.6. The lowest BCUT2D eigenvalue weighted by Gasteiger charge is -2.13. The second kappa shape index (κ2) is 8.60. The summed E-state index contributed by atoms with van der Waals surface area (Å²) in [6.45, 7) is 1.57. The zero-order chi connectivity index (χ0) is 15.8. The van der Waals surface area contributed by atoms with Gasteiger partial charge in [-0.2, -0.15) is 0 Å². The van der Waals surface area contributed by atoms with Crippen LogP contribution in [0.1, 0.15) is 19.3 Å². The van der Waals surface area contributed by atoms with Gasteiger partial charge in [0.15, 0.2) is 0 Å². The summed E-state index contributed by atoms with van der Waals surface area (Å²) in [5, 5.41) is 2.87. The average Bonchev–Trinajstić information content (AvgIpc) is 3.04. The van der Waals surface area contributed by atoms with E-state index in [9.17, 15) is 4.79 Å². The first-order valence-corrected chi connectivity index (χ1v) is 7.63. The summed E-state index contributed by atoms with van der Waals surface area (Å²) in [6, 6.07) is 7.45. The summed E-state index contributed by atoms with van der Waals surface area (Å²) >= 11 is 0. The summed E-state index contributed by atoms with van der Waals surface area (Å²) in [5.41, 5.74) is 5.53. The van der Waals surface area contributed by atoms with Crippen LogP contribution in [-0.4, -0.2) is 44.9 Å². The van der Waals surface area contributed by atoms with E-state index in [4.69, 9.17) is 19.9 Å². The molecule has 0 unspecified atom stereocenters. The van der Waals surface area contributed by atoms with Crippen molar-refractivity contribution >= 4 is 5.91 Å². The molecule has 0 bridgehead atoms. The number of benzene rings is 1. The number of nitrogens with one attached hydrogen (secondary N) is 1.